The van der Waals surface area contributed by atoms with Crippen LogP contribution in [-0.4, -0.2) is 38.7 Å². The van der Waals surface area contributed by atoms with Crippen molar-refractivity contribution in [2.45, 2.75) is 0 Å². The van der Waals surface area contributed by atoms with Crippen molar-refractivity contribution in [2.75, 3.05) is 19.5 Å². The standard InChI is InChI=1S/C31H24N6O4/c1-40-24-16-13-21(14-17-24)27-29(33-25-18-15-23(19-32-25)37(38)39)34-30-26(20-9-5-3-6-10-20)28(22-11-7-4-8-12-22)35-36(30)31(27)41-2/h3-19H,1-2H3,(H,32,33,34). The van der Waals surface area contributed by atoms with Crippen molar-refractivity contribution >= 4 is 23.0 Å². The summed E-state index contributed by atoms with van der Waals surface area (Å²) < 4.78 is 13.1. The first-order chi connectivity index (χ1) is 20.1. The molecule has 0 aliphatic carbocycles. The van der Waals surface area contributed by atoms with Crippen molar-refractivity contribution in [1.82, 2.24) is 19.6 Å². The third-order valence-electron chi connectivity index (χ3n) is 6.61. The van der Waals surface area contributed by atoms with Crippen molar-refractivity contribution in [2.24, 2.45) is 0 Å². The van der Waals surface area contributed by atoms with Gasteiger partial charge in [-0.1, -0.05) is 72.8 Å². The first-order valence-electron chi connectivity index (χ1n) is 12.7. The van der Waals surface area contributed by atoms with Gasteiger partial charge in [-0.2, -0.15) is 9.61 Å². The average Bonchev–Trinajstić information content (AvgIpc) is 3.41. The molecule has 1 N–H and O–H groups in total. The third kappa shape index (κ3) is 4.78. The number of benzene rings is 3. The lowest BCUT2D eigenvalue weighted by Crippen LogP contribution is -2.06. The second kappa shape index (κ2) is 10.8. The molecule has 0 aliphatic heterocycles. The van der Waals surface area contributed by atoms with Crippen LogP contribution in [0, 0.1) is 10.1 Å². The van der Waals surface area contributed by atoms with Crippen LogP contribution in [0.25, 0.3) is 39.2 Å². The monoisotopic (exact) mass is 544 g/mol. The summed E-state index contributed by atoms with van der Waals surface area (Å²) in [6.45, 7) is 0. The highest BCUT2D eigenvalue weighted by Crippen LogP contribution is 2.42. The lowest BCUT2D eigenvalue weighted by Gasteiger charge is -2.16. The van der Waals surface area contributed by atoms with Gasteiger partial charge < -0.3 is 14.8 Å². The zero-order chi connectivity index (χ0) is 28.3. The fourth-order valence-electron chi connectivity index (χ4n) is 4.68. The zero-order valence-corrected chi connectivity index (χ0v) is 22.2. The molecule has 0 fully saturated rings. The molecule has 6 aromatic rings. The van der Waals surface area contributed by atoms with E-state index in [9.17, 15) is 10.1 Å². The largest absolute Gasteiger partial charge is 0.497 e. The van der Waals surface area contributed by atoms with E-state index in [4.69, 9.17) is 19.6 Å². The number of anilines is 2. The van der Waals surface area contributed by atoms with Crippen LogP contribution >= 0.6 is 0 Å². The van der Waals surface area contributed by atoms with Crippen LogP contribution in [0.2, 0.25) is 0 Å². The smallest absolute Gasteiger partial charge is 0.287 e. The van der Waals surface area contributed by atoms with Crippen molar-refractivity contribution in [3.05, 3.63) is 113 Å². The molecule has 0 spiro atoms. The summed E-state index contributed by atoms with van der Waals surface area (Å²) >= 11 is 0. The topological polar surface area (TPSA) is 117 Å². The van der Waals surface area contributed by atoms with Crippen LogP contribution in [0.4, 0.5) is 17.3 Å². The van der Waals surface area contributed by atoms with E-state index in [0.29, 0.717) is 34.5 Å². The van der Waals surface area contributed by atoms with Gasteiger partial charge in [0.05, 0.1) is 30.3 Å². The fraction of sp³-hybridized carbons (Fsp3) is 0.0645. The summed E-state index contributed by atoms with van der Waals surface area (Å²) in [5.41, 5.74) is 5.31. The van der Waals surface area contributed by atoms with Gasteiger partial charge in [0.2, 0.25) is 5.88 Å². The average molecular weight is 545 g/mol. The number of aromatic nitrogens is 4. The molecule has 0 aliphatic rings. The SMILES string of the molecule is COc1ccc(-c2c(Nc3ccc([N+](=O)[O-])cn3)nc3c(-c4ccccc4)c(-c4ccccc4)nn3c2OC)cc1. The van der Waals surface area contributed by atoms with Gasteiger partial charge in [-0.25, -0.2) is 9.97 Å². The molecule has 0 saturated heterocycles. The van der Waals surface area contributed by atoms with Gasteiger partial charge in [0, 0.05) is 11.6 Å². The molecule has 3 aromatic heterocycles. The van der Waals surface area contributed by atoms with E-state index >= 15 is 0 Å². The minimum Gasteiger partial charge on any atom is -0.497 e. The maximum atomic E-state index is 11.2. The minimum atomic E-state index is -0.490. The highest BCUT2D eigenvalue weighted by atomic mass is 16.6. The fourth-order valence-corrected chi connectivity index (χ4v) is 4.68. The van der Waals surface area contributed by atoms with Crippen molar-refractivity contribution in [1.29, 1.82) is 0 Å². The molecular formula is C31H24N6O4. The van der Waals surface area contributed by atoms with Gasteiger partial charge in [-0.3, -0.25) is 10.1 Å². The predicted octanol–water partition coefficient (Wildman–Crippen LogP) is 6.79. The van der Waals surface area contributed by atoms with E-state index in [-0.39, 0.29) is 5.69 Å². The van der Waals surface area contributed by atoms with Gasteiger partial charge in [-0.15, -0.1) is 0 Å². The van der Waals surface area contributed by atoms with Crippen molar-refractivity contribution in [3.63, 3.8) is 0 Å². The van der Waals surface area contributed by atoms with E-state index in [0.717, 1.165) is 27.9 Å². The molecule has 0 saturated carbocycles. The van der Waals surface area contributed by atoms with Crippen LogP contribution < -0.4 is 14.8 Å². The van der Waals surface area contributed by atoms with Gasteiger partial charge in [0.1, 0.15) is 29.3 Å². The summed E-state index contributed by atoms with van der Waals surface area (Å²) in [5.74, 6) is 1.97. The Bertz CT molecular complexity index is 1840. The molecule has 3 heterocycles. The van der Waals surface area contributed by atoms with E-state index in [2.05, 4.69) is 10.3 Å². The number of nitrogens with zero attached hydrogens (tertiary/aromatic N) is 5. The number of hydrogen-bond donors (Lipinski definition) is 1. The molecule has 0 unspecified atom stereocenters. The Hall–Kier alpha value is -5.77. The third-order valence-corrected chi connectivity index (χ3v) is 6.61. The number of pyridine rings is 1. The van der Waals surface area contributed by atoms with E-state index in [1.165, 1.54) is 18.3 Å². The molecule has 202 valence electrons. The molecule has 3 aromatic carbocycles. The maximum Gasteiger partial charge on any atom is 0.287 e. The molecule has 0 atom stereocenters. The molecule has 0 amide bonds. The van der Waals surface area contributed by atoms with Gasteiger partial charge in [0.25, 0.3) is 5.69 Å². The first-order valence-corrected chi connectivity index (χ1v) is 12.7. The van der Waals surface area contributed by atoms with Crippen LogP contribution in [0.5, 0.6) is 11.6 Å². The van der Waals surface area contributed by atoms with E-state index in [1.54, 1.807) is 18.7 Å². The number of nitro groups is 1. The highest BCUT2D eigenvalue weighted by molar-refractivity contribution is 5.94. The summed E-state index contributed by atoms with van der Waals surface area (Å²) in [5, 5.41) is 19.5. The molecule has 0 radical (unpaired) electrons. The minimum absolute atomic E-state index is 0.110. The van der Waals surface area contributed by atoms with E-state index < -0.39 is 4.92 Å². The first kappa shape index (κ1) is 25.5. The Kier molecular flexibility index (Phi) is 6.70. The number of fused-ring (bicyclic) bond motifs is 1. The van der Waals surface area contributed by atoms with Crippen molar-refractivity contribution < 1.29 is 14.4 Å². The maximum absolute atomic E-state index is 11.2. The number of rotatable bonds is 8. The number of methoxy groups -OCH3 is 2. The Morgan fingerprint density at radius 3 is 2.02 bits per heavy atom. The Balaban J connectivity index is 1.65. The Labute approximate surface area is 235 Å². The second-order valence-corrected chi connectivity index (χ2v) is 9.05. The number of ether oxygens (including phenoxy) is 2. The quantitative estimate of drug-likeness (QED) is 0.164. The summed E-state index contributed by atoms with van der Waals surface area (Å²) in [6.07, 6.45) is 1.20. The number of nitrogens with one attached hydrogen (secondary N) is 1. The van der Waals surface area contributed by atoms with Gasteiger partial charge in [0.15, 0.2) is 5.65 Å². The van der Waals surface area contributed by atoms with Crippen LogP contribution in [0.15, 0.2) is 103 Å². The highest BCUT2D eigenvalue weighted by Gasteiger charge is 2.25. The predicted molar refractivity (Wildman–Crippen MR) is 157 cm³/mol. The van der Waals surface area contributed by atoms with Crippen LogP contribution in [0.3, 0.4) is 0 Å². The lowest BCUT2D eigenvalue weighted by molar-refractivity contribution is -0.385. The van der Waals surface area contributed by atoms with Gasteiger partial charge >= 0.3 is 0 Å². The normalized spacial score (nSPS) is 10.9. The molecule has 41 heavy (non-hydrogen) atoms. The number of hydrogen-bond acceptors (Lipinski definition) is 8. The van der Waals surface area contributed by atoms with Crippen LogP contribution in [0.1, 0.15) is 0 Å². The lowest BCUT2D eigenvalue weighted by atomic mass is 10.0. The zero-order valence-electron chi connectivity index (χ0n) is 22.2. The molecular weight excluding hydrogens is 520 g/mol. The molecule has 0 bridgehead atoms. The molecule has 10 heteroatoms. The van der Waals surface area contributed by atoms with Crippen molar-refractivity contribution in [3.8, 4) is 45.1 Å². The van der Waals surface area contributed by atoms with Gasteiger partial charge in [-0.05, 0) is 29.3 Å². The van der Waals surface area contributed by atoms with E-state index in [1.807, 2.05) is 84.9 Å². The summed E-state index contributed by atoms with van der Waals surface area (Å²) in [7, 11) is 3.19. The summed E-state index contributed by atoms with van der Waals surface area (Å²) in [4.78, 5) is 20.0. The molecule has 6 rings (SSSR count). The van der Waals surface area contributed by atoms with Crippen LogP contribution in [-0.2, 0) is 0 Å². The Morgan fingerprint density at radius 2 is 1.44 bits per heavy atom. The molecule has 10 nitrogen and oxygen atoms in total. The second-order valence-electron chi connectivity index (χ2n) is 9.05. The summed E-state index contributed by atoms with van der Waals surface area (Å²) in [6, 6.07) is 30.3. The Morgan fingerprint density at radius 1 is 0.780 bits per heavy atom.